The fraction of sp³-hybridized carbons (Fsp3) is 0.385. The average molecular weight is 502 g/mol. The van der Waals surface area contributed by atoms with E-state index in [1.54, 1.807) is 45.0 Å². The first-order valence-corrected chi connectivity index (χ1v) is 11.1. The van der Waals surface area contributed by atoms with Crippen molar-refractivity contribution in [3.63, 3.8) is 0 Å². The molecule has 3 amide bonds. The second kappa shape index (κ2) is 9.30. The summed E-state index contributed by atoms with van der Waals surface area (Å²) in [5.41, 5.74) is -3.01. The molecule has 1 aliphatic rings. The highest BCUT2D eigenvalue weighted by molar-refractivity contribution is 6.23. The van der Waals surface area contributed by atoms with Crippen LogP contribution in [0.2, 0.25) is 0 Å². The van der Waals surface area contributed by atoms with E-state index < -0.39 is 46.4 Å². The third-order valence-corrected chi connectivity index (χ3v) is 5.71. The molecule has 0 atom stereocenters. The number of ether oxygens (including phenoxy) is 1. The van der Waals surface area contributed by atoms with Gasteiger partial charge in [0.05, 0.1) is 29.3 Å². The molecule has 0 saturated carbocycles. The van der Waals surface area contributed by atoms with Gasteiger partial charge in [0.15, 0.2) is 0 Å². The maximum atomic E-state index is 13.5. The van der Waals surface area contributed by atoms with Gasteiger partial charge in [-0.25, -0.2) is 9.69 Å². The lowest BCUT2D eigenvalue weighted by Crippen LogP contribution is -2.43. The number of hydrogen-bond donors (Lipinski definition) is 0. The number of amides is 3. The highest BCUT2D eigenvalue weighted by Crippen LogP contribution is 2.38. The summed E-state index contributed by atoms with van der Waals surface area (Å²) >= 11 is 0. The molecule has 0 aromatic heterocycles. The van der Waals surface area contributed by atoms with Crippen LogP contribution in [-0.4, -0.2) is 33.9 Å². The molecule has 7 nitrogen and oxygen atoms in total. The van der Waals surface area contributed by atoms with Crippen molar-refractivity contribution in [2.24, 2.45) is 0 Å². The highest BCUT2D eigenvalue weighted by atomic mass is 19.4. The fourth-order valence-corrected chi connectivity index (χ4v) is 3.92. The van der Waals surface area contributed by atoms with Gasteiger partial charge in [-0.3, -0.25) is 9.59 Å². The minimum atomic E-state index is -4.84. The number of nitriles is 1. The van der Waals surface area contributed by atoms with E-state index >= 15 is 0 Å². The Hall–Kier alpha value is -3.87. The summed E-state index contributed by atoms with van der Waals surface area (Å²) in [7, 11) is 0. The van der Waals surface area contributed by atoms with E-state index in [9.17, 15) is 27.6 Å². The highest BCUT2D eigenvalue weighted by Gasteiger charge is 2.52. The van der Waals surface area contributed by atoms with E-state index in [1.807, 2.05) is 0 Å². The third-order valence-electron chi connectivity index (χ3n) is 5.71. The molecule has 0 aliphatic carbocycles. The van der Waals surface area contributed by atoms with Crippen molar-refractivity contribution in [2.45, 2.75) is 64.9 Å². The molecule has 2 aromatic carbocycles. The minimum Gasteiger partial charge on any atom is -0.460 e. The van der Waals surface area contributed by atoms with Crippen LogP contribution in [0.4, 0.5) is 23.7 Å². The van der Waals surface area contributed by atoms with Crippen molar-refractivity contribution in [3.05, 3.63) is 64.7 Å². The van der Waals surface area contributed by atoms with Crippen molar-refractivity contribution in [1.82, 2.24) is 4.90 Å². The molecule has 0 radical (unpaired) electrons. The summed E-state index contributed by atoms with van der Waals surface area (Å²) in [5.74, 6) is -1.17. The van der Waals surface area contributed by atoms with Crippen LogP contribution in [-0.2, 0) is 33.5 Å². The molecule has 3 rings (SSSR count). The number of urea groups is 1. The molecule has 1 heterocycles. The van der Waals surface area contributed by atoms with Crippen LogP contribution >= 0.6 is 0 Å². The number of rotatable bonds is 5. The quantitative estimate of drug-likeness (QED) is 0.415. The first kappa shape index (κ1) is 26.7. The van der Waals surface area contributed by atoms with Crippen LogP contribution in [0, 0.1) is 11.3 Å². The minimum absolute atomic E-state index is 0.0574. The zero-order valence-corrected chi connectivity index (χ0v) is 20.6. The van der Waals surface area contributed by atoms with Crippen LogP contribution in [0.15, 0.2) is 42.5 Å². The fourth-order valence-electron chi connectivity index (χ4n) is 3.92. The first-order valence-electron chi connectivity index (χ1n) is 11.1. The number of nitrogens with zero attached hydrogens (tertiary/aromatic N) is 3. The Morgan fingerprint density at radius 1 is 1.06 bits per heavy atom. The molecule has 1 fully saturated rings. The van der Waals surface area contributed by atoms with Gasteiger partial charge >= 0.3 is 18.2 Å². The van der Waals surface area contributed by atoms with Gasteiger partial charge in [-0.2, -0.15) is 18.4 Å². The Bertz CT molecular complexity index is 1260. The van der Waals surface area contributed by atoms with Gasteiger partial charge < -0.3 is 9.64 Å². The Kier molecular flexibility index (Phi) is 6.90. The van der Waals surface area contributed by atoms with E-state index in [2.05, 4.69) is 0 Å². The van der Waals surface area contributed by atoms with Crippen molar-refractivity contribution >= 4 is 23.6 Å². The first-order chi connectivity index (χ1) is 16.6. The van der Waals surface area contributed by atoms with Gasteiger partial charge in [0, 0.05) is 6.54 Å². The van der Waals surface area contributed by atoms with Gasteiger partial charge in [-0.1, -0.05) is 24.3 Å². The molecule has 1 saturated heterocycles. The summed E-state index contributed by atoms with van der Waals surface area (Å²) in [4.78, 5) is 40.9. The maximum absolute atomic E-state index is 13.5. The normalized spacial score (nSPS) is 15.8. The van der Waals surface area contributed by atoms with Gasteiger partial charge in [0.25, 0.3) is 5.91 Å². The molecule has 0 spiro atoms. The van der Waals surface area contributed by atoms with E-state index in [0.29, 0.717) is 22.1 Å². The third kappa shape index (κ3) is 5.35. The lowest BCUT2D eigenvalue weighted by atomic mass is 9.99. The molecule has 0 bridgehead atoms. The second-order valence-corrected chi connectivity index (χ2v) is 9.94. The van der Waals surface area contributed by atoms with Gasteiger partial charge in [0.2, 0.25) is 0 Å². The van der Waals surface area contributed by atoms with Crippen molar-refractivity contribution in [3.8, 4) is 6.07 Å². The average Bonchev–Trinajstić information content (AvgIpc) is 2.92. The summed E-state index contributed by atoms with van der Waals surface area (Å²) < 4.78 is 45.8. The predicted octanol–water partition coefficient (Wildman–Crippen LogP) is 5.21. The van der Waals surface area contributed by atoms with E-state index in [1.165, 1.54) is 24.8 Å². The molecular weight excluding hydrogens is 475 g/mol. The molecule has 0 unspecified atom stereocenters. The van der Waals surface area contributed by atoms with Crippen molar-refractivity contribution in [2.75, 3.05) is 4.90 Å². The molecular formula is C26H26F3N3O4. The summed E-state index contributed by atoms with van der Waals surface area (Å²) in [6.07, 6.45) is -4.90. The largest absolute Gasteiger partial charge is 0.460 e. The standard InChI is InChI=1S/C26H26F3N3O4/c1-24(2,3)36-21(33)12-16-8-6-7-9-18(16)15-31-23(35)32(22(34)25(31,4)5)19-11-10-17(14-30)20(13-19)26(27,28)29/h6-11,13H,12,15H2,1-5H3. The number of benzene rings is 2. The van der Waals surface area contributed by atoms with Crippen molar-refractivity contribution in [1.29, 1.82) is 5.26 Å². The molecule has 36 heavy (non-hydrogen) atoms. The summed E-state index contributed by atoms with van der Waals surface area (Å²) in [6.45, 7) is 8.17. The Morgan fingerprint density at radius 3 is 2.22 bits per heavy atom. The Morgan fingerprint density at radius 2 is 1.67 bits per heavy atom. The van der Waals surface area contributed by atoms with Crippen molar-refractivity contribution < 1.29 is 32.3 Å². The lowest BCUT2D eigenvalue weighted by molar-refractivity contribution is -0.154. The number of alkyl halides is 3. The molecule has 0 N–H and O–H groups in total. The number of hydrogen-bond acceptors (Lipinski definition) is 5. The van der Waals surface area contributed by atoms with E-state index in [4.69, 9.17) is 10.00 Å². The van der Waals surface area contributed by atoms with E-state index in [-0.39, 0.29) is 18.7 Å². The summed E-state index contributed by atoms with van der Waals surface area (Å²) in [6, 6.07) is 10.2. The second-order valence-electron chi connectivity index (χ2n) is 9.94. The predicted molar refractivity (Wildman–Crippen MR) is 125 cm³/mol. The van der Waals surface area contributed by atoms with Crippen LogP contribution in [0.25, 0.3) is 0 Å². The number of carbonyl (C=O) groups is 3. The number of anilines is 1. The van der Waals surface area contributed by atoms with Crippen LogP contribution < -0.4 is 4.90 Å². The lowest BCUT2D eigenvalue weighted by Gasteiger charge is -2.28. The number of imide groups is 1. The molecule has 1 aliphatic heterocycles. The SMILES string of the molecule is CC(C)(C)OC(=O)Cc1ccccc1CN1C(=O)N(c2ccc(C#N)c(C(F)(F)F)c2)C(=O)C1(C)C. The van der Waals surface area contributed by atoms with Crippen LogP contribution in [0.3, 0.4) is 0 Å². The Labute approximate surface area is 207 Å². The maximum Gasteiger partial charge on any atom is 0.417 e. The van der Waals surface area contributed by atoms with Crippen LogP contribution in [0.1, 0.15) is 56.9 Å². The topological polar surface area (TPSA) is 90.7 Å². The zero-order chi connectivity index (χ0) is 27.1. The Balaban J connectivity index is 1.95. The smallest absolute Gasteiger partial charge is 0.417 e. The molecule has 190 valence electrons. The number of carbonyl (C=O) groups excluding carboxylic acids is 3. The summed E-state index contributed by atoms with van der Waals surface area (Å²) in [5, 5.41) is 9.04. The van der Waals surface area contributed by atoms with Gasteiger partial charge in [-0.15, -0.1) is 0 Å². The molecule has 2 aromatic rings. The molecule has 10 heteroatoms. The number of halogens is 3. The monoisotopic (exact) mass is 501 g/mol. The van der Waals surface area contributed by atoms with E-state index in [0.717, 1.165) is 12.1 Å². The van der Waals surface area contributed by atoms with Gasteiger partial charge in [-0.05, 0) is 63.9 Å². The number of esters is 1. The zero-order valence-electron chi connectivity index (χ0n) is 20.6. The van der Waals surface area contributed by atoms with Crippen LogP contribution in [0.5, 0.6) is 0 Å². The van der Waals surface area contributed by atoms with Gasteiger partial charge in [0.1, 0.15) is 11.1 Å².